The SMILES string of the molecule is N=C(N)NC(=O)OCc1ccnc(N2CCC(N3CC[S+]([O-])CC3)CC2)c1F. The summed E-state index contributed by atoms with van der Waals surface area (Å²) in [5, 5.41) is 8.95. The Bertz CT molecular complexity index is 708. The number of hydrogen-bond acceptors (Lipinski definition) is 7. The van der Waals surface area contributed by atoms with E-state index < -0.39 is 29.0 Å². The summed E-state index contributed by atoms with van der Waals surface area (Å²) >= 11 is -0.687. The van der Waals surface area contributed by atoms with Gasteiger partial charge in [0.2, 0.25) is 0 Å². The molecule has 0 bridgehead atoms. The van der Waals surface area contributed by atoms with Crippen LogP contribution in [0.5, 0.6) is 0 Å². The second kappa shape index (κ2) is 9.39. The zero-order valence-corrected chi connectivity index (χ0v) is 16.3. The molecule has 0 unspecified atom stereocenters. The Hall–Kier alpha value is -2.11. The van der Waals surface area contributed by atoms with Gasteiger partial charge in [-0.15, -0.1) is 0 Å². The summed E-state index contributed by atoms with van der Waals surface area (Å²) in [4.78, 5) is 19.9. The highest BCUT2D eigenvalue weighted by Crippen LogP contribution is 2.26. The van der Waals surface area contributed by atoms with E-state index in [-0.39, 0.29) is 18.0 Å². The zero-order chi connectivity index (χ0) is 20.1. The summed E-state index contributed by atoms with van der Waals surface area (Å²) in [6.07, 6.45) is 2.38. The van der Waals surface area contributed by atoms with Gasteiger partial charge in [-0.25, -0.2) is 14.2 Å². The van der Waals surface area contributed by atoms with Crippen LogP contribution in [0.2, 0.25) is 0 Å². The third-order valence-electron chi connectivity index (χ3n) is 5.04. The Morgan fingerprint density at radius 1 is 1.39 bits per heavy atom. The van der Waals surface area contributed by atoms with Crippen molar-refractivity contribution >= 4 is 29.0 Å². The molecule has 1 aromatic heterocycles. The zero-order valence-electron chi connectivity index (χ0n) is 15.5. The molecule has 2 aliphatic rings. The average molecular weight is 412 g/mol. The van der Waals surface area contributed by atoms with Crippen LogP contribution in [0.1, 0.15) is 18.4 Å². The van der Waals surface area contributed by atoms with Gasteiger partial charge in [0.15, 0.2) is 17.6 Å². The second-order valence-corrected chi connectivity index (χ2v) is 8.52. The Morgan fingerprint density at radius 2 is 2.07 bits per heavy atom. The summed E-state index contributed by atoms with van der Waals surface area (Å²) < 4.78 is 31.2. The fraction of sp³-hybridized carbons (Fsp3) is 0.588. The lowest BCUT2D eigenvalue weighted by molar-refractivity contribution is 0.143. The number of amides is 1. The van der Waals surface area contributed by atoms with Crippen molar-refractivity contribution in [2.24, 2.45) is 5.73 Å². The molecule has 2 saturated heterocycles. The number of nitrogens with zero attached hydrogens (tertiary/aromatic N) is 3. The quantitative estimate of drug-likeness (QED) is 0.370. The van der Waals surface area contributed by atoms with E-state index in [2.05, 4.69) is 9.88 Å². The first kappa shape index (κ1) is 20.6. The number of guanidine groups is 1. The topological polar surface area (TPSA) is 131 Å². The van der Waals surface area contributed by atoms with E-state index in [1.54, 1.807) is 0 Å². The normalized spacial score (nSPS) is 19.4. The van der Waals surface area contributed by atoms with Crippen LogP contribution in [-0.2, 0) is 22.5 Å². The molecular formula is C17H25FN6O3S. The first-order valence-corrected chi connectivity index (χ1v) is 10.7. The molecule has 9 nitrogen and oxygen atoms in total. The van der Waals surface area contributed by atoms with Crippen molar-refractivity contribution in [3.63, 3.8) is 0 Å². The Balaban J connectivity index is 1.56. The van der Waals surface area contributed by atoms with Crippen LogP contribution in [0.25, 0.3) is 0 Å². The van der Waals surface area contributed by atoms with Crippen LogP contribution in [0.15, 0.2) is 12.3 Å². The first-order chi connectivity index (χ1) is 13.4. The van der Waals surface area contributed by atoms with Crippen LogP contribution in [-0.4, -0.2) is 70.2 Å². The molecule has 1 amide bonds. The van der Waals surface area contributed by atoms with Gasteiger partial charge in [-0.05, 0) is 18.9 Å². The third-order valence-corrected chi connectivity index (χ3v) is 6.31. The van der Waals surface area contributed by atoms with Gasteiger partial charge < -0.3 is 19.9 Å². The molecule has 0 atom stereocenters. The number of hydrogen-bond donors (Lipinski definition) is 3. The van der Waals surface area contributed by atoms with Crippen molar-refractivity contribution < 1.29 is 18.5 Å². The van der Waals surface area contributed by atoms with Gasteiger partial charge in [-0.3, -0.25) is 15.6 Å². The minimum atomic E-state index is -0.909. The molecule has 2 aliphatic heterocycles. The maximum absolute atomic E-state index is 14.8. The van der Waals surface area contributed by atoms with Crippen molar-refractivity contribution in [3.8, 4) is 0 Å². The highest BCUT2D eigenvalue weighted by Gasteiger charge is 2.30. The van der Waals surface area contributed by atoms with Crippen LogP contribution in [0.4, 0.5) is 15.0 Å². The highest BCUT2D eigenvalue weighted by atomic mass is 32.2. The van der Waals surface area contributed by atoms with Gasteiger partial charge in [0.25, 0.3) is 0 Å². The highest BCUT2D eigenvalue weighted by molar-refractivity contribution is 7.91. The van der Waals surface area contributed by atoms with Crippen molar-refractivity contribution in [2.75, 3.05) is 42.6 Å². The molecule has 154 valence electrons. The number of alkyl carbamates (subject to hydrolysis) is 1. The number of halogens is 1. The molecule has 0 aromatic carbocycles. The smallest absolute Gasteiger partial charge is 0.414 e. The number of rotatable bonds is 4. The predicted molar refractivity (Wildman–Crippen MR) is 104 cm³/mol. The van der Waals surface area contributed by atoms with E-state index in [0.717, 1.165) is 37.4 Å². The summed E-state index contributed by atoms with van der Waals surface area (Å²) in [5.41, 5.74) is 5.26. The molecule has 2 fully saturated rings. The molecule has 0 radical (unpaired) electrons. The van der Waals surface area contributed by atoms with Crippen molar-refractivity contribution in [1.82, 2.24) is 15.2 Å². The largest absolute Gasteiger partial charge is 0.616 e. The maximum atomic E-state index is 14.8. The summed E-state index contributed by atoms with van der Waals surface area (Å²) in [6.45, 7) is 2.81. The number of carbonyl (C=O) groups is 1. The van der Waals surface area contributed by atoms with Gasteiger partial charge in [-0.1, -0.05) is 11.2 Å². The Kier molecular flexibility index (Phi) is 6.92. The van der Waals surface area contributed by atoms with Crippen LogP contribution in [0.3, 0.4) is 0 Å². The number of pyridine rings is 1. The molecule has 11 heteroatoms. The minimum Gasteiger partial charge on any atom is -0.616 e. The number of aromatic nitrogens is 1. The minimum absolute atomic E-state index is 0.212. The molecule has 1 aromatic rings. The second-order valence-electron chi connectivity index (χ2n) is 6.82. The number of carbonyl (C=O) groups excluding carboxylic acids is 1. The summed E-state index contributed by atoms with van der Waals surface area (Å²) in [5.74, 6) is 0.672. The number of anilines is 1. The molecular weight excluding hydrogens is 387 g/mol. The van der Waals surface area contributed by atoms with Crippen molar-refractivity contribution in [3.05, 3.63) is 23.6 Å². The number of ether oxygens (including phenoxy) is 1. The molecule has 3 heterocycles. The number of nitrogens with one attached hydrogen (secondary N) is 2. The molecule has 3 rings (SSSR count). The van der Waals surface area contributed by atoms with Gasteiger partial charge in [0.05, 0.1) is 0 Å². The van der Waals surface area contributed by atoms with Crippen LogP contribution in [0, 0.1) is 11.2 Å². The molecule has 4 N–H and O–H groups in total. The van der Waals surface area contributed by atoms with Gasteiger partial charge >= 0.3 is 6.09 Å². The first-order valence-electron chi connectivity index (χ1n) is 9.19. The standard InChI is InChI=1S/C17H25FN6O3S/c18-14-12(11-27-17(25)22-16(19)20)1-4-21-15(14)24-5-2-13(3-6-24)23-7-9-28(26)10-8-23/h1,4,13H,2-3,5-11H2,(H4,19,20,22,25). The lowest BCUT2D eigenvalue weighted by atomic mass is 10.0. The Morgan fingerprint density at radius 3 is 2.71 bits per heavy atom. The fourth-order valence-corrected chi connectivity index (χ4v) is 4.63. The number of piperidine rings is 1. The maximum Gasteiger partial charge on any atom is 0.414 e. The molecule has 0 saturated carbocycles. The third kappa shape index (κ3) is 5.24. The number of nitrogens with two attached hydrogens (primary N) is 1. The van der Waals surface area contributed by atoms with E-state index in [1.165, 1.54) is 12.3 Å². The van der Waals surface area contributed by atoms with E-state index in [9.17, 15) is 13.7 Å². The Labute approximate surface area is 166 Å². The lowest BCUT2D eigenvalue weighted by Gasteiger charge is -2.40. The summed E-state index contributed by atoms with van der Waals surface area (Å²) in [6, 6.07) is 1.89. The average Bonchev–Trinajstić information content (AvgIpc) is 2.67. The fourth-order valence-electron chi connectivity index (χ4n) is 3.55. The molecule has 0 aliphatic carbocycles. The van der Waals surface area contributed by atoms with E-state index >= 15 is 0 Å². The van der Waals surface area contributed by atoms with Gasteiger partial charge in [0.1, 0.15) is 18.1 Å². The van der Waals surface area contributed by atoms with E-state index in [0.29, 0.717) is 19.1 Å². The van der Waals surface area contributed by atoms with E-state index in [1.807, 2.05) is 10.2 Å². The summed E-state index contributed by atoms with van der Waals surface area (Å²) in [7, 11) is 0. The van der Waals surface area contributed by atoms with Crippen LogP contribution >= 0.6 is 0 Å². The van der Waals surface area contributed by atoms with Gasteiger partial charge in [0, 0.05) is 44.0 Å². The molecule has 0 spiro atoms. The lowest BCUT2D eigenvalue weighted by Crippen LogP contribution is -2.50. The molecule has 28 heavy (non-hydrogen) atoms. The monoisotopic (exact) mass is 412 g/mol. The van der Waals surface area contributed by atoms with E-state index in [4.69, 9.17) is 15.9 Å². The van der Waals surface area contributed by atoms with Crippen LogP contribution < -0.4 is 16.0 Å². The predicted octanol–water partition coefficient (Wildman–Crippen LogP) is 0.373. The van der Waals surface area contributed by atoms with Gasteiger partial charge in [-0.2, -0.15) is 0 Å². The van der Waals surface area contributed by atoms with Crippen molar-refractivity contribution in [2.45, 2.75) is 25.5 Å². The van der Waals surface area contributed by atoms with Crippen molar-refractivity contribution in [1.29, 1.82) is 5.41 Å².